The smallest absolute Gasteiger partial charge is 0.306 e. The Morgan fingerprint density at radius 1 is 1.28 bits per heavy atom. The summed E-state index contributed by atoms with van der Waals surface area (Å²) in [5.74, 6) is 0.788. The van der Waals surface area contributed by atoms with Crippen LogP contribution in [0.5, 0.6) is 0 Å². The number of hydrogen-bond donors (Lipinski definition) is 3. The fourth-order valence-electron chi connectivity index (χ4n) is 3.69. The molecule has 2 heterocycles. The van der Waals surface area contributed by atoms with Gasteiger partial charge in [0, 0.05) is 18.2 Å². The van der Waals surface area contributed by atoms with Gasteiger partial charge in [-0.25, -0.2) is 4.98 Å². The number of carboxylic acid groups (broad SMARTS) is 1. The quantitative estimate of drug-likeness (QED) is 0.412. The molecule has 2 aliphatic rings. The summed E-state index contributed by atoms with van der Waals surface area (Å²) in [6.07, 6.45) is 9.69. The molecule has 1 saturated heterocycles. The number of nitrogens with zero attached hydrogens (tertiary/aromatic N) is 2. The van der Waals surface area contributed by atoms with Crippen molar-refractivity contribution >= 4 is 23.5 Å². The summed E-state index contributed by atoms with van der Waals surface area (Å²) in [6, 6.07) is 3.37. The fraction of sp³-hybridized carbons (Fsp3) is 0.524. The third kappa shape index (κ3) is 5.33. The van der Waals surface area contributed by atoms with Crippen molar-refractivity contribution in [2.45, 2.75) is 50.2 Å². The molecule has 1 saturated carbocycles. The highest BCUT2D eigenvalue weighted by molar-refractivity contribution is 6.09. The van der Waals surface area contributed by atoms with Crippen molar-refractivity contribution in [2.75, 3.05) is 18.0 Å². The van der Waals surface area contributed by atoms with E-state index in [1.165, 1.54) is 0 Å². The lowest BCUT2D eigenvalue weighted by Crippen LogP contribution is -2.57. The van der Waals surface area contributed by atoms with Crippen LogP contribution in [0.25, 0.3) is 0 Å². The van der Waals surface area contributed by atoms with E-state index in [2.05, 4.69) is 21.5 Å². The number of terminal acetylenes is 1. The Bertz CT molecular complexity index is 782. The molecule has 0 spiro atoms. The Hall–Kier alpha value is -2.92. The average molecular weight is 398 g/mol. The Morgan fingerprint density at radius 3 is 2.55 bits per heavy atom. The van der Waals surface area contributed by atoms with Crippen molar-refractivity contribution in [3.05, 3.63) is 24.4 Å². The maximum absolute atomic E-state index is 13.5. The van der Waals surface area contributed by atoms with E-state index < -0.39 is 30.4 Å². The Balaban J connectivity index is 1.90. The number of amides is 1. The van der Waals surface area contributed by atoms with E-state index in [1.54, 1.807) is 23.2 Å². The van der Waals surface area contributed by atoms with Gasteiger partial charge in [-0.1, -0.05) is 12.0 Å². The number of aromatic nitrogens is 1. The number of carboxylic acids is 1. The van der Waals surface area contributed by atoms with Gasteiger partial charge in [0.15, 0.2) is 11.8 Å². The van der Waals surface area contributed by atoms with E-state index in [1.807, 2.05) is 6.07 Å². The summed E-state index contributed by atoms with van der Waals surface area (Å²) in [5, 5.41) is 14.8. The molecule has 3 N–H and O–H groups in total. The van der Waals surface area contributed by atoms with E-state index in [0.29, 0.717) is 18.7 Å². The van der Waals surface area contributed by atoms with Crippen LogP contribution in [0.4, 0.5) is 5.82 Å². The van der Waals surface area contributed by atoms with Gasteiger partial charge in [-0.2, -0.15) is 0 Å². The van der Waals surface area contributed by atoms with Gasteiger partial charge in [0.2, 0.25) is 0 Å². The second-order valence-corrected chi connectivity index (χ2v) is 7.48. The molecule has 1 aliphatic carbocycles. The molecule has 1 unspecified atom stereocenters. The Morgan fingerprint density at radius 2 is 2.00 bits per heavy atom. The first-order chi connectivity index (χ1) is 14.0. The number of aliphatic carboxylic acids is 1. The van der Waals surface area contributed by atoms with Crippen molar-refractivity contribution in [3.63, 3.8) is 0 Å². The predicted molar refractivity (Wildman–Crippen MR) is 107 cm³/mol. The number of pyridine rings is 1. The van der Waals surface area contributed by atoms with E-state index in [9.17, 15) is 14.4 Å². The van der Waals surface area contributed by atoms with Crippen molar-refractivity contribution in [2.24, 2.45) is 5.92 Å². The minimum absolute atomic E-state index is 0.0510. The SMILES string of the molecule is C#C[C@H](CC(=O)O)NC(=O)C(C(=O)C1CCNCC1)N(c1ccccn1)C1CC1. The lowest BCUT2D eigenvalue weighted by molar-refractivity contribution is -0.137. The highest BCUT2D eigenvalue weighted by atomic mass is 16.4. The number of Topliss-reactive ketones (excluding diaryl/α,β-unsaturated/α-hetero) is 1. The average Bonchev–Trinajstić information content (AvgIpc) is 3.56. The van der Waals surface area contributed by atoms with Crippen LogP contribution in [0.15, 0.2) is 24.4 Å². The lowest BCUT2D eigenvalue weighted by atomic mass is 9.88. The topological polar surface area (TPSA) is 112 Å². The number of carbonyl (C=O) groups excluding carboxylic acids is 2. The molecule has 1 amide bonds. The highest BCUT2D eigenvalue weighted by Gasteiger charge is 2.44. The molecule has 1 aromatic heterocycles. The molecule has 154 valence electrons. The first-order valence-corrected chi connectivity index (χ1v) is 9.93. The highest BCUT2D eigenvalue weighted by Crippen LogP contribution is 2.34. The van der Waals surface area contributed by atoms with Gasteiger partial charge in [-0.3, -0.25) is 14.4 Å². The standard InChI is InChI=1S/C21H26N4O4/c1-2-15(13-18(26)27)24-21(29)19(20(28)14-8-11-22-12-9-14)25(16-6-7-16)17-5-3-4-10-23-17/h1,3-5,10,14-16,19,22H,6-9,11-13H2,(H,24,29)(H,26,27)/t15-,19?/m1/s1. The van der Waals surface area contributed by atoms with Gasteiger partial charge in [0.25, 0.3) is 5.91 Å². The van der Waals surface area contributed by atoms with E-state index in [0.717, 1.165) is 25.9 Å². The molecule has 2 fully saturated rings. The molecular weight excluding hydrogens is 372 g/mol. The molecule has 8 heteroatoms. The first-order valence-electron chi connectivity index (χ1n) is 9.93. The van der Waals surface area contributed by atoms with Crippen LogP contribution in [-0.4, -0.2) is 59.0 Å². The van der Waals surface area contributed by atoms with Crippen molar-refractivity contribution in [1.29, 1.82) is 0 Å². The van der Waals surface area contributed by atoms with Crippen LogP contribution in [0.2, 0.25) is 0 Å². The monoisotopic (exact) mass is 398 g/mol. The molecule has 0 aromatic carbocycles. The molecule has 3 rings (SSSR count). The van der Waals surface area contributed by atoms with Crippen LogP contribution in [0, 0.1) is 18.3 Å². The summed E-state index contributed by atoms with van der Waals surface area (Å²) in [6.45, 7) is 1.45. The van der Waals surface area contributed by atoms with Crippen LogP contribution < -0.4 is 15.5 Å². The van der Waals surface area contributed by atoms with E-state index >= 15 is 0 Å². The van der Waals surface area contributed by atoms with Gasteiger partial charge in [0.05, 0.1) is 6.42 Å². The summed E-state index contributed by atoms with van der Waals surface area (Å²) >= 11 is 0. The molecule has 1 aliphatic heterocycles. The van der Waals surface area contributed by atoms with Gasteiger partial charge >= 0.3 is 5.97 Å². The molecular formula is C21H26N4O4. The van der Waals surface area contributed by atoms with E-state index in [4.69, 9.17) is 11.5 Å². The second kappa shape index (κ2) is 9.52. The first kappa shape index (κ1) is 20.8. The molecule has 0 bridgehead atoms. The molecule has 8 nitrogen and oxygen atoms in total. The number of hydrogen-bond acceptors (Lipinski definition) is 6. The zero-order chi connectivity index (χ0) is 20.8. The summed E-state index contributed by atoms with van der Waals surface area (Å²) in [4.78, 5) is 43.9. The number of carbonyl (C=O) groups is 3. The Kier molecular flexibility index (Phi) is 6.83. The number of anilines is 1. The Labute approximate surface area is 170 Å². The normalized spacial score (nSPS) is 18.9. The van der Waals surface area contributed by atoms with E-state index in [-0.39, 0.29) is 17.7 Å². The van der Waals surface area contributed by atoms with Crippen molar-refractivity contribution in [3.8, 4) is 12.3 Å². The van der Waals surface area contributed by atoms with Gasteiger partial charge in [0.1, 0.15) is 11.9 Å². The third-order valence-electron chi connectivity index (χ3n) is 5.29. The zero-order valence-corrected chi connectivity index (χ0v) is 16.2. The number of nitrogens with one attached hydrogen (secondary N) is 2. The summed E-state index contributed by atoms with van der Waals surface area (Å²) in [7, 11) is 0. The lowest BCUT2D eigenvalue weighted by Gasteiger charge is -2.34. The second-order valence-electron chi connectivity index (χ2n) is 7.48. The largest absolute Gasteiger partial charge is 0.481 e. The van der Waals surface area contributed by atoms with Crippen molar-refractivity contribution in [1.82, 2.24) is 15.6 Å². The summed E-state index contributed by atoms with van der Waals surface area (Å²) < 4.78 is 0. The van der Waals surface area contributed by atoms with Crippen LogP contribution in [-0.2, 0) is 14.4 Å². The molecule has 2 atom stereocenters. The predicted octanol–water partition coefficient (Wildman–Crippen LogP) is 0.580. The van der Waals surface area contributed by atoms with Gasteiger partial charge < -0.3 is 20.6 Å². The van der Waals surface area contributed by atoms with Gasteiger partial charge in [-0.05, 0) is 50.9 Å². The van der Waals surface area contributed by atoms with Crippen LogP contribution >= 0.6 is 0 Å². The minimum Gasteiger partial charge on any atom is -0.481 e. The van der Waals surface area contributed by atoms with Crippen LogP contribution in [0.1, 0.15) is 32.1 Å². The molecule has 1 aromatic rings. The minimum atomic E-state index is -1.11. The molecule has 0 radical (unpaired) electrons. The van der Waals surface area contributed by atoms with Crippen molar-refractivity contribution < 1.29 is 19.5 Å². The number of rotatable bonds is 9. The maximum atomic E-state index is 13.5. The maximum Gasteiger partial charge on any atom is 0.306 e. The number of piperidine rings is 1. The number of ketones is 1. The van der Waals surface area contributed by atoms with Gasteiger partial charge in [-0.15, -0.1) is 6.42 Å². The zero-order valence-electron chi connectivity index (χ0n) is 16.2. The molecule has 29 heavy (non-hydrogen) atoms. The fourth-order valence-corrected chi connectivity index (χ4v) is 3.69. The van der Waals surface area contributed by atoms with Crippen LogP contribution in [0.3, 0.4) is 0 Å². The summed E-state index contributed by atoms with van der Waals surface area (Å²) in [5.41, 5.74) is 0. The third-order valence-corrected chi connectivity index (χ3v) is 5.29.